The van der Waals surface area contributed by atoms with Crippen molar-refractivity contribution in [3.63, 3.8) is 0 Å². The SMILES string of the molecule is COCCOc1ccc(C(C)C)cc1C. The fraction of sp³-hybridized carbons (Fsp3) is 0.538. The molecule has 1 aromatic carbocycles. The molecule has 15 heavy (non-hydrogen) atoms. The Hall–Kier alpha value is -1.02. The van der Waals surface area contributed by atoms with Crippen molar-refractivity contribution in [2.24, 2.45) is 0 Å². The third-order valence-electron chi connectivity index (χ3n) is 2.41. The zero-order valence-electron chi connectivity index (χ0n) is 10.0. The van der Waals surface area contributed by atoms with E-state index in [1.807, 2.05) is 6.07 Å². The van der Waals surface area contributed by atoms with Gasteiger partial charge in [-0.25, -0.2) is 0 Å². The molecule has 0 aliphatic heterocycles. The van der Waals surface area contributed by atoms with Gasteiger partial charge in [0, 0.05) is 7.11 Å². The van der Waals surface area contributed by atoms with Gasteiger partial charge < -0.3 is 9.47 Å². The van der Waals surface area contributed by atoms with Crippen LogP contribution in [0.5, 0.6) is 5.75 Å². The third-order valence-corrected chi connectivity index (χ3v) is 2.41. The molecule has 2 heteroatoms. The molecule has 0 radical (unpaired) electrons. The normalized spacial score (nSPS) is 10.7. The maximum Gasteiger partial charge on any atom is 0.122 e. The van der Waals surface area contributed by atoms with Gasteiger partial charge in [0.05, 0.1) is 6.61 Å². The number of benzene rings is 1. The summed E-state index contributed by atoms with van der Waals surface area (Å²) >= 11 is 0. The van der Waals surface area contributed by atoms with E-state index in [1.54, 1.807) is 7.11 Å². The molecule has 0 unspecified atom stereocenters. The summed E-state index contributed by atoms with van der Waals surface area (Å²) in [6.07, 6.45) is 0. The molecule has 0 aliphatic carbocycles. The van der Waals surface area contributed by atoms with Crippen LogP contribution in [0.1, 0.15) is 30.9 Å². The van der Waals surface area contributed by atoms with Crippen LogP contribution < -0.4 is 4.74 Å². The van der Waals surface area contributed by atoms with Gasteiger partial charge in [-0.1, -0.05) is 26.0 Å². The van der Waals surface area contributed by atoms with Crippen LogP contribution in [0.15, 0.2) is 18.2 Å². The van der Waals surface area contributed by atoms with E-state index in [-0.39, 0.29) is 0 Å². The van der Waals surface area contributed by atoms with Crippen LogP contribution >= 0.6 is 0 Å². The van der Waals surface area contributed by atoms with E-state index in [4.69, 9.17) is 9.47 Å². The minimum Gasteiger partial charge on any atom is -0.491 e. The summed E-state index contributed by atoms with van der Waals surface area (Å²) < 4.78 is 10.5. The number of hydrogen-bond donors (Lipinski definition) is 0. The summed E-state index contributed by atoms with van der Waals surface area (Å²) in [5, 5.41) is 0. The van der Waals surface area contributed by atoms with E-state index >= 15 is 0 Å². The van der Waals surface area contributed by atoms with Gasteiger partial charge in [0.1, 0.15) is 12.4 Å². The van der Waals surface area contributed by atoms with Gasteiger partial charge in [-0.05, 0) is 30.0 Å². The van der Waals surface area contributed by atoms with Gasteiger partial charge >= 0.3 is 0 Å². The van der Waals surface area contributed by atoms with Crippen molar-refractivity contribution in [2.45, 2.75) is 26.7 Å². The van der Waals surface area contributed by atoms with Gasteiger partial charge in [0.15, 0.2) is 0 Å². The van der Waals surface area contributed by atoms with Crippen LogP contribution in [-0.2, 0) is 4.74 Å². The van der Waals surface area contributed by atoms with E-state index in [2.05, 4.69) is 32.9 Å². The van der Waals surface area contributed by atoms with Gasteiger partial charge in [0.2, 0.25) is 0 Å². The molecule has 0 saturated carbocycles. The van der Waals surface area contributed by atoms with E-state index in [0.717, 1.165) is 5.75 Å². The number of hydrogen-bond acceptors (Lipinski definition) is 2. The van der Waals surface area contributed by atoms with Crippen LogP contribution in [0.2, 0.25) is 0 Å². The second-order valence-electron chi connectivity index (χ2n) is 4.02. The summed E-state index contributed by atoms with van der Waals surface area (Å²) in [6.45, 7) is 7.71. The van der Waals surface area contributed by atoms with Gasteiger partial charge in [-0.2, -0.15) is 0 Å². The van der Waals surface area contributed by atoms with E-state index < -0.39 is 0 Å². The molecular formula is C13H20O2. The zero-order valence-corrected chi connectivity index (χ0v) is 10.0. The number of aryl methyl sites for hydroxylation is 1. The second-order valence-corrected chi connectivity index (χ2v) is 4.02. The summed E-state index contributed by atoms with van der Waals surface area (Å²) in [6, 6.07) is 6.35. The predicted molar refractivity (Wildman–Crippen MR) is 62.6 cm³/mol. The zero-order chi connectivity index (χ0) is 11.3. The molecule has 0 aromatic heterocycles. The number of methoxy groups -OCH3 is 1. The maximum atomic E-state index is 5.59. The molecule has 0 atom stereocenters. The lowest BCUT2D eigenvalue weighted by molar-refractivity contribution is 0.146. The second kappa shape index (κ2) is 5.76. The molecule has 0 aliphatic rings. The summed E-state index contributed by atoms with van der Waals surface area (Å²) in [5.74, 6) is 1.52. The molecule has 0 saturated heterocycles. The molecule has 0 amide bonds. The van der Waals surface area contributed by atoms with E-state index in [1.165, 1.54) is 11.1 Å². The Balaban J connectivity index is 2.66. The number of ether oxygens (including phenoxy) is 2. The molecule has 0 bridgehead atoms. The first-order valence-electron chi connectivity index (χ1n) is 5.37. The van der Waals surface area contributed by atoms with Gasteiger partial charge in [0.25, 0.3) is 0 Å². The van der Waals surface area contributed by atoms with Crippen molar-refractivity contribution >= 4 is 0 Å². The van der Waals surface area contributed by atoms with Gasteiger partial charge in [-0.3, -0.25) is 0 Å². The first kappa shape index (κ1) is 12.1. The van der Waals surface area contributed by atoms with Crippen molar-refractivity contribution in [2.75, 3.05) is 20.3 Å². The Kier molecular flexibility index (Phi) is 4.63. The summed E-state index contributed by atoms with van der Waals surface area (Å²) in [7, 11) is 1.68. The Morgan fingerprint density at radius 2 is 1.93 bits per heavy atom. The van der Waals surface area contributed by atoms with Crippen molar-refractivity contribution in [1.82, 2.24) is 0 Å². The lowest BCUT2D eigenvalue weighted by Crippen LogP contribution is -2.05. The monoisotopic (exact) mass is 208 g/mol. The Morgan fingerprint density at radius 1 is 1.20 bits per heavy atom. The third kappa shape index (κ3) is 3.56. The Labute approximate surface area is 92.2 Å². The molecule has 1 rings (SSSR count). The van der Waals surface area contributed by atoms with E-state index in [0.29, 0.717) is 19.1 Å². The molecule has 0 N–H and O–H groups in total. The lowest BCUT2D eigenvalue weighted by atomic mass is 10.0. The molecular weight excluding hydrogens is 188 g/mol. The molecule has 84 valence electrons. The van der Waals surface area contributed by atoms with Crippen LogP contribution in [0, 0.1) is 6.92 Å². The smallest absolute Gasteiger partial charge is 0.122 e. The number of rotatable bonds is 5. The first-order chi connectivity index (χ1) is 7.15. The highest BCUT2D eigenvalue weighted by atomic mass is 16.5. The van der Waals surface area contributed by atoms with Crippen molar-refractivity contribution in [1.29, 1.82) is 0 Å². The van der Waals surface area contributed by atoms with E-state index in [9.17, 15) is 0 Å². The highest BCUT2D eigenvalue weighted by molar-refractivity contribution is 5.37. The fourth-order valence-electron chi connectivity index (χ4n) is 1.43. The average molecular weight is 208 g/mol. The summed E-state index contributed by atoms with van der Waals surface area (Å²) in [4.78, 5) is 0. The lowest BCUT2D eigenvalue weighted by Gasteiger charge is -2.11. The minimum atomic E-state index is 0.566. The Morgan fingerprint density at radius 3 is 2.47 bits per heavy atom. The topological polar surface area (TPSA) is 18.5 Å². The quantitative estimate of drug-likeness (QED) is 0.692. The Bertz CT molecular complexity index is 305. The maximum absolute atomic E-state index is 5.59. The van der Waals surface area contributed by atoms with Crippen LogP contribution in [0.3, 0.4) is 0 Å². The molecule has 0 fully saturated rings. The molecule has 0 spiro atoms. The molecule has 2 nitrogen and oxygen atoms in total. The van der Waals surface area contributed by atoms with Crippen molar-refractivity contribution in [3.8, 4) is 5.75 Å². The van der Waals surface area contributed by atoms with Crippen LogP contribution in [-0.4, -0.2) is 20.3 Å². The largest absolute Gasteiger partial charge is 0.491 e. The van der Waals surface area contributed by atoms with Crippen molar-refractivity contribution in [3.05, 3.63) is 29.3 Å². The average Bonchev–Trinajstić information content (AvgIpc) is 2.20. The first-order valence-corrected chi connectivity index (χ1v) is 5.37. The highest BCUT2D eigenvalue weighted by Crippen LogP contribution is 2.23. The summed E-state index contributed by atoms with van der Waals surface area (Å²) in [5.41, 5.74) is 2.55. The molecule has 1 aromatic rings. The molecule has 0 heterocycles. The highest BCUT2D eigenvalue weighted by Gasteiger charge is 2.03. The van der Waals surface area contributed by atoms with Crippen LogP contribution in [0.4, 0.5) is 0 Å². The standard InChI is InChI=1S/C13H20O2/c1-10(2)12-5-6-13(11(3)9-12)15-8-7-14-4/h5-6,9-10H,7-8H2,1-4H3. The van der Waals surface area contributed by atoms with Crippen molar-refractivity contribution < 1.29 is 9.47 Å². The van der Waals surface area contributed by atoms with Gasteiger partial charge in [-0.15, -0.1) is 0 Å². The predicted octanol–water partition coefficient (Wildman–Crippen LogP) is 3.14. The van der Waals surface area contributed by atoms with Crippen LogP contribution in [0.25, 0.3) is 0 Å². The fourth-order valence-corrected chi connectivity index (χ4v) is 1.43. The minimum absolute atomic E-state index is 0.566.